The zero-order valence-electron chi connectivity index (χ0n) is 10.8. The van der Waals surface area contributed by atoms with E-state index in [1.165, 1.54) is 24.3 Å². The number of carbonyl (C=O) groups excluding carboxylic acids is 2. The van der Waals surface area contributed by atoms with Gasteiger partial charge in [0.15, 0.2) is 0 Å². The second kappa shape index (κ2) is 4.59. The highest BCUT2D eigenvalue weighted by Crippen LogP contribution is 2.35. The summed E-state index contributed by atoms with van der Waals surface area (Å²) in [6.45, 7) is 0. The first-order valence-electron chi connectivity index (χ1n) is 6.54. The van der Waals surface area contributed by atoms with Crippen molar-refractivity contribution in [3.8, 4) is 0 Å². The minimum atomic E-state index is -1.03. The van der Waals surface area contributed by atoms with Crippen LogP contribution >= 0.6 is 0 Å². The summed E-state index contributed by atoms with van der Waals surface area (Å²) in [5.41, 5.74) is 1.82. The number of amides is 2. The fraction of sp³-hybridized carbons (Fsp3) is 0.267. The number of nitrogens with zero attached hydrogens (tertiary/aromatic N) is 1. The van der Waals surface area contributed by atoms with Gasteiger partial charge in [-0.1, -0.05) is 0 Å². The average molecular weight is 271 g/mol. The van der Waals surface area contributed by atoms with E-state index in [0.717, 1.165) is 17.7 Å². The molecule has 1 N–H and O–H groups in total. The quantitative estimate of drug-likeness (QED) is 0.836. The van der Waals surface area contributed by atoms with Gasteiger partial charge in [-0.25, -0.2) is 9.69 Å². The van der Waals surface area contributed by atoms with E-state index in [1.54, 1.807) is 0 Å². The third-order valence-corrected chi connectivity index (χ3v) is 3.76. The fourth-order valence-corrected chi connectivity index (χ4v) is 2.73. The molecule has 0 unspecified atom stereocenters. The Balaban J connectivity index is 1.94. The van der Waals surface area contributed by atoms with Gasteiger partial charge in [-0.3, -0.25) is 9.59 Å². The monoisotopic (exact) mass is 271 g/mol. The smallest absolute Gasteiger partial charge is 0.335 e. The number of benzene rings is 1. The molecule has 1 aromatic carbocycles. The van der Waals surface area contributed by atoms with Crippen molar-refractivity contribution in [2.75, 3.05) is 4.90 Å². The van der Waals surface area contributed by atoms with Crippen molar-refractivity contribution in [1.29, 1.82) is 0 Å². The van der Waals surface area contributed by atoms with Crippen LogP contribution in [0.4, 0.5) is 5.69 Å². The second-order valence-corrected chi connectivity index (χ2v) is 4.96. The van der Waals surface area contributed by atoms with Crippen molar-refractivity contribution in [3.05, 3.63) is 41.0 Å². The summed E-state index contributed by atoms with van der Waals surface area (Å²) < 4.78 is 0. The number of rotatable bonds is 2. The molecule has 5 heteroatoms. The summed E-state index contributed by atoms with van der Waals surface area (Å²) in [5.74, 6) is -1.55. The van der Waals surface area contributed by atoms with Crippen molar-refractivity contribution < 1.29 is 19.5 Å². The number of hydrogen-bond donors (Lipinski definition) is 1. The van der Waals surface area contributed by atoms with Gasteiger partial charge in [-0.05, 0) is 49.9 Å². The fourth-order valence-electron chi connectivity index (χ4n) is 2.73. The Morgan fingerprint density at radius 3 is 1.90 bits per heavy atom. The zero-order valence-corrected chi connectivity index (χ0v) is 10.8. The highest BCUT2D eigenvalue weighted by molar-refractivity contribution is 6.33. The van der Waals surface area contributed by atoms with Crippen LogP contribution in [0, 0.1) is 0 Å². The maximum absolute atomic E-state index is 12.3. The van der Waals surface area contributed by atoms with E-state index >= 15 is 0 Å². The third-order valence-electron chi connectivity index (χ3n) is 3.76. The SMILES string of the molecule is O=C(O)c1ccc(N2C(=O)C3=C(CCCC3)C2=O)cc1. The minimum Gasteiger partial charge on any atom is -0.478 e. The van der Waals surface area contributed by atoms with Gasteiger partial charge in [0.25, 0.3) is 11.8 Å². The molecule has 3 rings (SSSR count). The first-order chi connectivity index (χ1) is 9.59. The second-order valence-electron chi connectivity index (χ2n) is 4.96. The van der Waals surface area contributed by atoms with Crippen LogP contribution in [0.25, 0.3) is 0 Å². The lowest BCUT2D eigenvalue weighted by atomic mass is 9.93. The highest BCUT2D eigenvalue weighted by atomic mass is 16.4. The molecule has 20 heavy (non-hydrogen) atoms. The van der Waals surface area contributed by atoms with Gasteiger partial charge in [0.1, 0.15) is 0 Å². The van der Waals surface area contributed by atoms with Crippen LogP contribution in [0.2, 0.25) is 0 Å². The van der Waals surface area contributed by atoms with Crippen molar-refractivity contribution in [1.82, 2.24) is 0 Å². The number of hydrogen-bond acceptors (Lipinski definition) is 3. The van der Waals surface area contributed by atoms with Gasteiger partial charge in [-0.15, -0.1) is 0 Å². The maximum Gasteiger partial charge on any atom is 0.335 e. The van der Waals surface area contributed by atoms with Crippen LogP contribution < -0.4 is 4.90 Å². The van der Waals surface area contributed by atoms with Crippen molar-refractivity contribution in [3.63, 3.8) is 0 Å². The Kier molecular flexibility index (Phi) is 2.89. The Hall–Kier alpha value is -2.43. The molecule has 0 saturated carbocycles. The van der Waals surface area contributed by atoms with E-state index in [-0.39, 0.29) is 17.4 Å². The highest BCUT2D eigenvalue weighted by Gasteiger charge is 2.39. The van der Waals surface area contributed by atoms with E-state index in [1.807, 2.05) is 0 Å². The first kappa shape index (κ1) is 12.6. The number of carboxylic acid groups (broad SMARTS) is 1. The van der Waals surface area contributed by atoms with E-state index in [9.17, 15) is 14.4 Å². The van der Waals surface area contributed by atoms with E-state index in [4.69, 9.17) is 5.11 Å². The van der Waals surface area contributed by atoms with Crippen molar-refractivity contribution >= 4 is 23.5 Å². The average Bonchev–Trinajstić information content (AvgIpc) is 2.72. The van der Waals surface area contributed by atoms with Crippen LogP contribution in [-0.2, 0) is 9.59 Å². The predicted octanol–water partition coefficient (Wildman–Crippen LogP) is 2.13. The molecule has 0 radical (unpaired) electrons. The molecule has 1 heterocycles. The topological polar surface area (TPSA) is 74.7 Å². The van der Waals surface area contributed by atoms with E-state index < -0.39 is 5.97 Å². The summed E-state index contributed by atoms with van der Waals surface area (Å²) in [4.78, 5) is 36.6. The van der Waals surface area contributed by atoms with Crippen LogP contribution in [0.15, 0.2) is 35.4 Å². The Labute approximate surface area is 115 Å². The van der Waals surface area contributed by atoms with Gasteiger partial charge < -0.3 is 5.11 Å². The van der Waals surface area contributed by atoms with Crippen LogP contribution in [0.3, 0.4) is 0 Å². The number of imide groups is 1. The van der Waals surface area contributed by atoms with Crippen LogP contribution in [0.5, 0.6) is 0 Å². The Morgan fingerprint density at radius 1 is 0.950 bits per heavy atom. The lowest BCUT2D eigenvalue weighted by Crippen LogP contribution is -2.31. The molecule has 2 amide bonds. The Bertz CT molecular complexity index is 614. The number of carbonyl (C=O) groups is 3. The molecule has 1 aliphatic heterocycles. The summed E-state index contributed by atoms with van der Waals surface area (Å²) in [5, 5.41) is 8.86. The van der Waals surface area contributed by atoms with E-state index in [2.05, 4.69) is 0 Å². The van der Waals surface area contributed by atoms with Crippen molar-refractivity contribution in [2.24, 2.45) is 0 Å². The molecule has 0 spiro atoms. The van der Waals surface area contributed by atoms with Gasteiger partial charge >= 0.3 is 5.97 Å². The number of anilines is 1. The number of carboxylic acids is 1. The normalized spacial score (nSPS) is 18.5. The largest absolute Gasteiger partial charge is 0.478 e. The van der Waals surface area contributed by atoms with Crippen LogP contribution in [0.1, 0.15) is 36.0 Å². The standard InChI is InChI=1S/C15H13NO4/c17-13-11-3-1-2-4-12(11)14(18)16(13)10-7-5-9(6-8-10)15(19)20/h5-8H,1-4H2,(H,19,20). The summed E-state index contributed by atoms with van der Waals surface area (Å²) >= 11 is 0. The molecule has 0 fully saturated rings. The molecule has 0 bridgehead atoms. The molecule has 1 aromatic rings. The van der Waals surface area contributed by atoms with Gasteiger partial charge in [-0.2, -0.15) is 0 Å². The molecule has 2 aliphatic rings. The lowest BCUT2D eigenvalue weighted by Gasteiger charge is -2.15. The van der Waals surface area contributed by atoms with Crippen LogP contribution in [-0.4, -0.2) is 22.9 Å². The summed E-state index contributed by atoms with van der Waals surface area (Å²) in [7, 11) is 0. The molecular formula is C15H13NO4. The molecule has 5 nitrogen and oxygen atoms in total. The van der Waals surface area contributed by atoms with Gasteiger partial charge in [0.2, 0.25) is 0 Å². The van der Waals surface area contributed by atoms with Gasteiger partial charge in [0.05, 0.1) is 11.3 Å². The van der Waals surface area contributed by atoms with Gasteiger partial charge in [0, 0.05) is 11.1 Å². The number of aromatic carboxylic acids is 1. The first-order valence-corrected chi connectivity index (χ1v) is 6.54. The molecule has 0 aromatic heterocycles. The molecule has 0 atom stereocenters. The molecular weight excluding hydrogens is 258 g/mol. The Morgan fingerprint density at radius 2 is 1.45 bits per heavy atom. The third kappa shape index (κ3) is 1.82. The predicted molar refractivity (Wildman–Crippen MR) is 71.4 cm³/mol. The molecule has 0 saturated heterocycles. The molecule has 1 aliphatic carbocycles. The minimum absolute atomic E-state index is 0.130. The summed E-state index contributed by atoms with van der Waals surface area (Å²) in [6, 6.07) is 5.79. The molecule has 102 valence electrons. The summed E-state index contributed by atoms with van der Waals surface area (Å²) in [6.07, 6.45) is 3.18. The van der Waals surface area contributed by atoms with Crippen molar-refractivity contribution in [2.45, 2.75) is 25.7 Å². The van der Waals surface area contributed by atoms with E-state index in [0.29, 0.717) is 29.7 Å². The lowest BCUT2D eigenvalue weighted by molar-refractivity contribution is -0.120. The zero-order chi connectivity index (χ0) is 14.3. The maximum atomic E-state index is 12.3.